The molecule has 0 amide bonds. The van der Waals surface area contributed by atoms with Crippen LogP contribution in [0.2, 0.25) is 0 Å². The minimum atomic E-state index is 0.344. The molecule has 19 heavy (non-hydrogen) atoms. The van der Waals surface area contributed by atoms with Crippen LogP contribution < -0.4 is 15.2 Å². The molecule has 0 radical (unpaired) electrons. The topological polar surface area (TPSA) is 44.5 Å². The summed E-state index contributed by atoms with van der Waals surface area (Å²) in [5.41, 5.74) is 6.55. The van der Waals surface area contributed by atoms with Gasteiger partial charge in [-0.3, -0.25) is 0 Å². The summed E-state index contributed by atoms with van der Waals surface area (Å²) in [6.07, 6.45) is 6.59. The molecule has 0 aromatic heterocycles. The van der Waals surface area contributed by atoms with E-state index in [9.17, 15) is 0 Å². The maximum atomic E-state index is 6.17. The molecule has 106 valence electrons. The van der Waals surface area contributed by atoms with Crippen molar-refractivity contribution in [2.24, 2.45) is 5.92 Å². The monoisotopic (exact) mass is 263 g/mol. The molecule has 2 N–H and O–H groups in total. The fourth-order valence-corrected chi connectivity index (χ4v) is 2.84. The van der Waals surface area contributed by atoms with Crippen molar-refractivity contribution in [1.29, 1.82) is 0 Å². The van der Waals surface area contributed by atoms with Crippen molar-refractivity contribution in [3.63, 3.8) is 0 Å². The van der Waals surface area contributed by atoms with Crippen molar-refractivity contribution in [1.82, 2.24) is 0 Å². The summed E-state index contributed by atoms with van der Waals surface area (Å²) in [7, 11) is 0. The standard InChI is InChI=1S/C16H25NO2/c1-3-12-7-5-6-8-15(12)19-13-9-10-14(17)16(11-13)18-4-2/h9-12,15H,3-8,17H2,1-2H3. The zero-order chi connectivity index (χ0) is 13.7. The van der Waals surface area contributed by atoms with Gasteiger partial charge >= 0.3 is 0 Å². The highest BCUT2D eigenvalue weighted by molar-refractivity contribution is 5.55. The molecule has 0 heterocycles. The molecule has 3 nitrogen and oxygen atoms in total. The Morgan fingerprint density at radius 3 is 2.74 bits per heavy atom. The fourth-order valence-electron chi connectivity index (χ4n) is 2.84. The minimum absolute atomic E-state index is 0.344. The lowest BCUT2D eigenvalue weighted by molar-refractivity contribution is 0.0901. The van der Waals surface area contributed by atoms with E-state index in [2.05, 4.69) is 6.92 Å². The molecule has 1 aromatic carbocycles. The molecule has 3 heteroatoms. The quantitative estimate of drug-likeness (QED) is 0.816. The summed E-state index contributed by atoms with van der Waals surface area (Å²) in [5.74, 6) is 2.29. The maximum Gasteiger partial charge on any atom is 0.145 e. The van der Waals surface area contributed by atoms with Gasteiger partial charge in [-0.1, -0.05) is 13.3 Å². The molecule has 1 saturated carbocycles. The van der Waals surface area contributed by atoms with Gasteiger partial charge in [0.2, 0.25) is 0 Å². The molecule has 0 bridgehead atoms. The Kier molecular flexibility index (Phi) is 4.94. The van der Waals surface area contributed by atoms with Crippen molar-refractivity contribution >= 4 is 5.69 Å². The van der Waals surface area contributed by atoms with Crippen LogP contribution in [0.4, 0.5) is 5.69 Å². The highest BCUT2D eigenvalue weighted by atomic mass is 16.5. The Morgan fingerprint density at radius 1 is 1.21 bits per heavy atom. The van der Waals surface area contributed by atoms with Gasteiger partial charge in [-0.25, -0.2) is 0 Å². The van der Waals surface area contributed by atoms with Crippen LogP contribution in [0.5, 0.6) is 11.5 Å². The van der Waals surface area contributed by atoms with Gasteiger partial charge in [0.25, 0.3) is 0 Å². The molecule has 1 aromatic rings. The van der Waals surface area contributed by atoms with Crippen LogP contribution >= 0.6 is 0 Å². The van der Waals surface area contributed by atoms with Gasteiger partial charge in [-0.05, 0) is 50.7 Å². The van der Waals surface area contributed by atoms with Crippen LogP contribution in [-0.4, -0.2) is 12.7 Å². The van der Waals surface area contributed by atoms with E-state index in [1.54, 1.807) is 0 Å². The number of anilines is 1. The van der Waals surface area contributed by atoms with Crippen LogP contribution in [-0.2, 0) is 0 Å². The van der Waals surface area contributed by atoms with E-state index >= 15 is 0 Å². The average molecular weight is 263 g/mol. The SMILES string of the molecule is CCOc1cc(OC2CCCCC2CC)ccc1N. The Labute approximate surface area is 116 Å². The second-order valence-electron chi connectivity index (χ2n) is 5.24. The largest absolute Gasteiger partial charge is 0.492 e. The van der Waals surface area contributed by atoms with Gasteiger partial charge in [0.05, 0.1) is 12.3 Å². The molecule has 1 fully saturated rings. The fraction of sp³-hybridized carbons (Fsp3) is 0.625. The minimum Gasteiger partial charge on any atom is -0.492 e. The number of benzene rings is 1. The summed E-state index contributed by atoms with van der Waals surface area (Å²) in [6.45, 7) is 4.83. The summed E-state index contributed by atoms with van der Waals surface area (Å²) in [5, 5.41) is 0. The van der Waals surface area contributed by atoms with Crippen molar-refractivity contribution < 1.29 is 9.47 Å². The third-order valence-electron chi connectivity index (χ3n) is 3.94. The van der Waals surface area contributed by atoms with Gasteiger partial charge in [-0.15, -0.1) is 0 Å². The van der Waals surface area contributed by atoms with E-state index in [-0.39, 0.29) is 0 Å². The van der Waals surface area contributed by atoms with Gasteiger partial charge in [-0.2, -0.15) is 0 Å². The number of hydrogen-bond donors (Lipinski definition) is 1. The normalized spacial score (nSPS) is 23.1. The van der Waals surface area contributed by atoms with Gasteiger partial charge < -0.3 is 15.2 Å². The Bertz CT molecular complexity index is 406. The molecule has 1 aliphatic rings. The predicted octanol–water partition coefficient (Wildman–Crippen LogP) is 4.02. The van der Waals surface area contributed by atoms with Crippen molar-refractivity contribution in [2.45, 2.75) is 52.1 Å². The zero-order valence-corrected chi connectivity index (χ0v) is 12.0. The van der Waals surface area contributed by atoms with E-state index in [0.717, 1.165) is 17.9 Å². The van der Waals surface area contributed by atoms with Crippen molar-refractivity contribution in [3.05, 3.63) is 18.2 Å². The number of nitrogen functional groups attached to an aromatic ring is 1. The van der Waals surface area contributed by atoms with E-state index in [0.29, 0.717) is 24.3 Å². The smallest absolute Gasteiger partial charge is 0.145 e. The predicted molar refractivity (Wildman–Crippen MR) is 78.7 cm³/mol. The molecule has 0 aliphatic heterocycles. The molecule has 2 unspecified atom stereocenters. The second kappa shape index (κ2) is 6.69. The lowest BCUT2D eigenvalue weighted by Crippen LogP contribution is -2.29. The van der Waals surface area contributed by atoms with Crippen LogP contribution in [0.15, 0.2) is 18.2 Å². The maximum absolute atomic E-state index is 6.17. The Hall–Kier alpha value is -1.38. The molecular weight excluding hydrogens is 238 g/mol. The van der Waals surface area contributed by atoms with E-state index in [1.165, 1.54) is 25.7 Å². The number of rotatable bonds is 5. The Morgan fingerprint density at radius 2 is 2.00 bits per heavy atom. The lowest BCUT2D eigenvalue weighted by atomic mass is 9.85. The van der Waals surface area contributed by atoms with Crippen LogP contribution in [0.25, 0.3) is 0 Å². The van der Waals surface area contributed by atoms with Crippen molar-refractivity contribution in [3.8, 4) is 11.5 Å². The van der Waals surface area contributed by atoms with Crippen molar-refractivity contribution in [2.75, 3.05) is 12.3 Å². The van der Waals surface area contributed by atoms with Gasteiger partial charge in [0.1, 0.15) is 17.6 Å². The van der Waals surface area contributed by atoms with Gasteiger partial charge in [0, 0.05) is 6.07 Å². The van der Waals surface area contributed by atoms with Crippen LogP contribution in [0, 0.1) is 5.92 Å². The summed E-state index contributed by atoms with van der Waals surface area (Å²) in [4.78, 5) is 0. The molecular formula is C16H25NO2. The van der Waals surface area contributed by atoms with Gasteiger partial charge in [0.15, 0.2) is 0 Å². The van der Waals surface area contributed by atoms with E-state index in [1.807, 2.05) is 25.1 Å². The Balaban J connectivity index is 2.07. The summed E-state index contributed by atoms with van der Waals surface area (Å²) in [6, 6.07) is 5.73. The highest BCUT2D eigenvalue weighted by Crippen LogP contribution is 2.33. The zero-order valence-electron chi connectivity index (χ0n) is 12.0. The molecule has 2 rings (SSSR count). The van der Waals surface area contributed by atoms with Crippen LogP contribution in [0.3, 0.4) is 0 Å². The summed E-state index contributed by atoms with van der Waals surface area (Å²) < 4.78 is 11.7. The molecule has 2 atom stereocenters. The first-order valence-electron chi connectivity index (χ1n) is 7.43. The lowest BCUT2D eigenvalue weighted by Gasteiger charge is -2.31. The van der Waals surface area contributed by atoms with E-state index < -0.39 is 0 Å². The van der Waals surface area contributed by atoms with E-state index in [4.69, 9.17) is 15.2 Å². The molecule has 1 aliphatic carbocycles. The third kappa shape index (κ3) is 3.55. The first-order valence-corrected chi connectivity index (χ1v) is 7.43. The molecule has 0 saturated heterocycles. The number of hydrogen-bond acceptors (Lipinski definition) is 3. The highest BCUT2D eigenvalue weighted by Gasteiger charge is 2.25. The first kappa shape index (κ1) is 14.0. The second-order valence-corrected chi connectivity index (χ2v) is 5.24. The average Bonchev–Trinajstić information content (AvgIpc) is 2.43. The summed E-state index contributed by atoms with van der Waals surface area (Å²) >= 11 is 0. The third-order valence-corrected chi connectivity index (χ3v) is 3.94. The number of ether oxygens (including phenoxy) is 2. The first-order chi connectivity index (χ1) is 9.24. The molecule has 0 spiro atoms. The van der Waals surface area contributed by atoms with Crippen LogP contribution in [0.1, 0.15) is 46.0 Å². The number of nitrogens with two attached hydrogens (primary N) is 1.